The van der Waals surface area contributed by atoms with Crippen LogP contribution in [0.4, 0.5) is 0 Å². The summed E-state index contributed by atoms with van der Waals surface area (Å²) < 4.78 is 5.32. The van der Waals surface area contributed by atoms with Gasteiger partial charge in [0.2, 0.25) is 0 Å². The SMILES string of the molecule is [CH2]CCOc1ccc(C(=N)N)cc1. The maximum absolute atomic E-state index is 7.17. The summed E-state index contributed by atoms with van der Waals surface area (Å²) in [6, 6.07) is 7.13. The summed E-state index contributed by atoms with van der Waals surface area (Å²) in [6.45, 7) is 4.28. The molecule has 0 aliphatic heterocycles. The van der Waals surface area contributed by atoms with E-state index in [9.17, 15) is 0 Å². The van der Waals surface area contributed by atoms with Crippen LogP contribution in [0.3, 0.4) is 0 Å². The number of benzene rings is 1. The zero-order valence-electron chi connectivity index (χ0n) is 7.42. The van der Waals surface area contributed by atoms with Crippen LogP contribution in [0.5, 0.6) is 5.75 Å². The molecule has 0 saturated heterocycles. The molecule has 0 aromatic heterocycles. The lowest BCUT2D eigenvalue weighted by Gasteiger charge is -2.04. The van der Waals surface area contributed by atoms with Crippen molar-refractivity contribution in [3.8, 4) is 5.75 Å². The van der Waals surface area contributed by atoms with Crippen molar-refractivity contribution in [2.75, 3.05) is 6.61 Å². The first-order chi connectivity index (χ1) is 6.24. The summed E-state index contributed by atoms with van der Waals surface area (Å²) in [5.41, 5.74) is 6.01. The Morgan fingerprint density at radius 2 is 2.00 bits per heavy atom. The van der Waals surface area contributed by atoms with Gasteiger partial charge < -0.3 is 10.5 Å². The summed E-state index contributed by atoms with van der Waals surface area (Å²) in [5.74, 6) is 0.859. The van der Waals surface area contributed by atoms with Gasteiger partial charge in [-0.2, -0.15) is 0 Å². The molecule has 1 radical (unpaired) electrons. The predicted octanol–water partition coefficient (Wildman–Crippen LogP) is 1.57. The Balaban J connectivity index is 2.64. The highest BCUT2D eigenvalue weighted by molar-refractivity contribution is 5.94. The highest BCUT2D eigenvalue weighted by Gasteiger charge is 1.96. The first kappa shape index (κ1) is 9.58. The zero-order valence-corrected chi connectivity index (χ0v) is 7.42. The summed E-state index contributed by atoms with van der Waals surface area (Å²) in [6.07, 6.45) is 0.745. The van der Waals surface area contributed by atoms with Crippen molar-refractivity contribution in [3.05, 3.63) is 36.8 Å². The molecular weight excluding hydrogens is 164 g/mol. The highest BCUT2D eigenvalue weighted by atomic mass is 16.5. The Kier molecular flexibility index (Phi) is 3.31. The lowest BCUT2D eigenvalue weighted by molar-refractivity contribution is 0.324. The Hall–Kier alpha value is -1.51. The van der Waals surface area contributed by atoms with E-state index in [4.69, 9.17) is 15.9 Å². The topological polar surface area (TPSA) is 59.1 Å². The van der Waals surface area contributed by atoms with Crippen molar-refractivity contribution in [2.45, 2.75) is 6.42 Å². The molecule has 0 aliphatic rings. The maximum atomic E-state index is 7.17. The summed E-state index contributed by atoms with van der Waals surface area (Å²) in [5, 5.41) is 7.17. The molecule has 0 atom stereocenters. The van der Waals surface area contributed by atoms with Gasteiger partial charge in [0, 0.05) is 5.56 Å². The van der Waals surface area contributed by atoms with Crippen LogP contribution in [0.2, 0.25) is 0 Å². The van der Waals surface area contributed by atoms with E-state index in [0.717, 1.165) is 12.2 Å². The van der Waals surface area contributed by atoms with E-state index in [0.29, 0.717) is 12.2 Å². The minimum atomic E-state index is 0.0729. The molecule has 0 saturated carbocycles. The second-order valence-electron chi connectivity index (χ2n) is 2.64. The molecule has 3 nitrogen and oxygen atoms in total. The molecule has 0 amide bonds. The standard InChI is InChI=1S/C10H13N2O/c1-2-7-13-9-5-3-8(4-6-9)10(11)12/h3-6H,1-2,7H2,(H3,11,12). The average Bonchev–Trinajstić information content (AvgIpc) is 2.15. The minimum absolute atomic E-state index is 0.0729. The third kappa shape index (κ3) is 2.78. The van der Waals surface area contributed by atoms with Crippen LogP contribution < -0.4 is 10.5 Å². The molecule has 1 rings (SSSR count). The number of ether oxygens (including phenoxy) is 1. The van der Waals surface area contributed by atoms with E-state index < -0.39 is 0 Å². The second kappa shape index (κ2) is 4.50. The van der Waals surface area contributed by atoms with Gasteiger partial charge in [-0.15, -0.1) is 0 Å². The van der Waals surface area contributed by atoms with Crippen molar-refractivity contribution in [2.24, 2.45) is 5.73 Å². The fourth-order valence-electron chi connectivity index (χ4n) is 0.921. The largest absolute Gasteiger partial charge is 0.494 e. The molecule has 69 valence electrons. The summed E-state index contributed by atoms with van der Waals surface area (Å²) in [4.78, 5) is 0. The van der Waals surface area contributed by atoms with E-state index in [1.807, 2.05) is 0 Å². The highest BCUT2D eigenvalue weighted by Crippen LogP contribution is 2.11. The number of hydrogen-bond acceptors (Lipinski definition) is 2. The molecule has 13 heavy (non-hydrogen) atoms. The zero-order chi connectivity index (χ0) is 9.68. The fraction of sp³-hybridized carbons (Fsp3) is 0.200. The monoisotopic (exact) mass is 177 g/mol. The second-order valence-corrected chi connectivity index (χ2v) is 2.64. The van der Waals surface area contributed by atoms with Gasteiger partial charge in [0.25, 0.3) is 0 Å². The Morgan fingerprint density at radius 3 is 2.46 bits per heavy atom. The van der Waals surface area contributed by atoms with Crippen LogP contribution in [0.1, 0.15) is 12.0 Å². The van der Waals surface area contributed by atoms with E-state index in [1.54, 1.807) is 24.3 Å². The molecule has 3 heteroatoms. The number of hydrogen-bond donors (Lipinski definition) is 2. The predicted molar refractivity (Wildman–Crippen MR) is 52.9 cm³/mol. The summed E-state index contributed by atoms with van der Waals surface area (Å²) >= 11 is 0. The van der Waals surface area contributed by atoms with Gasteiger partial charge in [-0.05, 0) is 37.6 Å². The normalized spacial score (nSPS) is 9.62. The first-order valence-corrected chi connectivity index (χ1v) is 4.10. The third-order valence-corrected chi connectivity index (χ3v) is 1.58. The first-order valence-electron chi connectivity index (χ1n) is 4.10. The molecule has 0 aliphatic carbocycles. The summed E-state index contributed by atoms with van der Waals surface area (Å²) in [7, 11) is 0. The van der Waals surface area contributed by atoms with Gasteiger partial charge in [-0.3, -0.25) is 5.41 Å². The molecule has 0 heterocycles. The van der Waals surface area contributed by atoms with Gasteiger partial charge in [-0.1, -0.05) is 0 Å². The van der Waals surface area contributed by atoms with Gasteiger partial charge >= 0.3 is 0 Å². The maximum Gasteiger partial charge on any atom is 0.122 e. The molecule has 1 aromatic rings. The number of amidine groups is 1. The van der Waals surface area contributed by atoms with Crippen molar-refractivity contribution in [1.82, 2.24) is 0 Å². The van der Waals surface area contributed by atoms with Crippen LogP contribution in [0.25, 0.3) is 0 Å². The molecule has 0 spiro atoms. The Labute approximate surface area is 78.0 Å². The van der Waals surface area contributed by atoms with Crippen LogP contribution in [-0.4, -0.2) is 12.4 Å². The fourth-order valence-corrected chi connectivity index (χ4v) is 0.921. The molecule has 0 bridgehead atoms. The molecule has 3 N–H and O–H groups in total. The van der Waals surface area contributed by atoms with Gasteiger partial charge in [0.1, 0.15) is 11.6 Å². The van der Waals surface area contributed by atoms with Crippen molar-refractivity contribution >= 4 is 5.84 Å². The van der Waals surface area contributed by atoms with Crippen molar-refractivity contribution < 1.29 is 4.74 Å². The number of rotatable bonds is 4. The van der Waals surface area contributed by atoms with Gasteiger partial charge in [0.05, 0.1) is 6.61 Å². The molecule has 1 aromatic carbocycles. The molecule has 0 fully saturated rings. The molecular formula is C10H13N2O. The van der Waals surface area contributed by atoms with Gasteiger partial charge in [-0.25, -0.2) is 0 Å². The van der Waals surface area contributed by atoms with Crippen LogP contribution in [-0.2, 0) is 0 Å². The third-order valence-electron chi connectivity index (χ3n) is 1.58. The van der Waals surface area contributed by atoms with E-state index >= 15 is 0 Å². The minimum Gasteiger partial charge on any atom is -0.494 e. The number of nitrogens with one attached hydrogen (secondary N) is 1. The van der Waals surface area contributed by atoms with E-state index in [1.165, 1.54) is 0 Å². The molecule has 0 unspecified atom stereocenters. The van der Waals surface area contributed by atoms with E-state index in [2.05, 4.69) is 6.92 Å². The smallest absolute Gasteiger partial charge is 0.122 e. The van der Waals surface area contributed by atoms with Crippen molar-refractivity contribution in [1.29, 1.82) is 5.41 Å². The van der Waals surface area contributed by atoms with Crippen LogP contribution in [0.15, 0.2) is 24.3 Å². The van der Waals surface area contributed by atoms with Crippen molar-refractivity contribution in [3.63, 3.8) is 0 Å². The number of nitrogen functional groups attached to an aromatic ring is 1. The Bertz CT molecular complexity index is 279. The Morgan fingerprint density at radius 1 is 1.38 bits per heavy atom. The quantitative estimate of drug-likeness (QED) is 0.541. The van der Waals surface area contributed by atoms with Gasteiger partial charge in [0.15, 0.2) is 0 Å². The average molecular weight is 177 g/mol. The lowest BCUT2D eigenvalue weighted by atomic mass is 10.2. The van der Waals surface area contributed by atoms with Crippen LogP contribution >= 0.6 is 0 Å². The van der Waals surface area contributed by atoms with Crippen LogP contribution in [0, 0.1) is 12.3 Å². The number of nitrogens with two attached hydrogens (primary N) is 1. The van der Waals surface area contributed by atoms with E-state index in [-0.39, 0.29) is 5.84 Å². The lowest BCUT2D eigenvalue weighted by Crippen LogP contribution is -2.10.